The van der Waals surface area contributed by atoms with Crippen LogP contribution in [-0.2, 0) is 12.8 Å². The average Bonchev–Trinajstić information content (AvgIpc) is 3.34. The number of benzene rings is 2. The Kier molecular flexibility index (Phi) is 7.23. The van der Waals surface area contributed by atoms with Gasteiger partial charge in [0.05, 0.1) is 17.4 Å². The summed E-state index contributed by atoms with van der Waals surface area (Å²) in [6.07, 6.45) is 14.6. The van der Waals surface area contributed by atoms with E-state index in [1.165, 1.54) is 62.5 Å². The molecule has 0 spiro atoms. The van der Waals surface area contributed by atoms with E-state index in [4.69, 9.17) is 21.4 Å². The number of aliphatic imine (C=N–C) groups is 1. The molecular formula is C34H42N4. The van der Waals surface area contributed by atoms with Crippen LogP contribution in [0.1, 0.15) is 92.3 Å². The van der Waals surface area contributed by atoms with Gasteiger partial charge in [-0.05, 0) is 98.3 Å². The lowest BCUT2D eigenvalue weighted by molar-refractivity contribution is 0.142. The summed E-state index contributed by atoms with van der Waals surface area (Å²) in [6, 6.07) is 19.1. The SMILES string of the molecule is CC1CCC(C2CCC(C3N=C(c4ccc(CCc5ccccc5)c(N)c4)c4c(N)ccnc43)CC2)CC1. The maximum absolute atomic E-state index is 6.58. The Hall–Kier alpha value is -3.14. The summed E-state index contributed by atoms with van der Waals surface area (Å²) in [5.41, 5.74) is 21.4. The summed E-state index contributed by atoms with van der Waals surface area (Å²) in [7, 11) is 0. The van der Waals surface area contributed by atoms with E-state index in [9.17, 15) is 0 Å². The highest BCUT2D eigenvalue weighted by molar-refractivity contribution is 6.18. The first-order valence-corrected chi connectivity index (χ1v) is 14.8. The van der Waals surface area contributed by atoms with E-state index in [2.05, 4.69) is 55.5 Å². The van der Waals surface area contributed by atoms with E-state index in [1.807, 2.05) is 12.3 Å². The van der Waals surface area contributed by atoms with Crippen LogP contribution in [0.3, 0.4) is 0 Å². The van der Waals surface area contributed by atoms with Crippen molar-refractivity contribution < 1.29 is 0 Å². The van der Waals surface area contributed by atoms with Gasteiger partial charge in [0.1, 0.15) is 0 Å². The summed E-state index contributed by atoms with van der Waals surface area (Å²) >= 11 is 0. The number of hydrogen-bond acceptors (Lipinski definition) is 4. The van der Waals surface area contributed by atoms with Gasteiger partial charge in [0.25, 0.3) is 0 Å². The fourth-order valence-electron chi connectivity index (χ4n) is 7.37. The lowest BCUT2D eigenvalue weighted by Gasteiger charge is -2.38. The third-order valence-corrected chi connectivity index (χ3v) is 9.73. The largest absolute Gasteiger partial charge is 0.398 e. The predicted octanol–water partition coefficient (Wildman–Crippen LogP) is 7.56. The lowest BCUT2D eigenvalue weighted by Crippen LogP contribution is -2.27. The van der Waals surface area contributed by atoms with Crippen LogP contribution >= 0.6 is 0 Å². The Morgan fingerprint density at radius 2 is 1.42 bits per heavy atom. The molecule has 3 aliphatic rings. The second-order valence-corrected chi connectivity index (χ2v) is 12.2. The molecular weight excluding hydrogens is 464 g/mol. The third-order valence-electron chi connectivity index (χ3n) is 9.73. The first-order chi connectivity index (χ1) is 18.6. The molecule has 2 aromatic carbocycles. The number of nitrogen functional groups attached to an aromatic ring is 2. The Morgan fingerprint density at radius 1 is 0.737 bits per heavy atom. The lowest BCUT2D eigenvalue weighted by atomic mass is 9.68. The minimum absolute atomic E-state index is 0.106. The van der Waals surface area contributed by atoms with Gasteiger partial charge in [-0.25, -0.2) is 0 Å². The van der Waals surface area contributed by atoms with Gasteiger partial charge < -0.3 is 11.5 Å². The normalized spacial score (nSPS) is 27.1. The number of nitrogens with zero attached hydrogens (tertiary/aromatic N) is 2. The van der Waals surface area contributed by atoms with Crippen molar-refractivity contribution in [1.82, 2.24) is 4.98 Å². The summed E-state index contributed by atoms with van der Waals surface area (Å²) in [4.78, 5) is 10.2. The van der Waals surface area contributed by atoms with E-state index in [0.29, 0.717) is 5.92 Å². The zero-order chi connectivity index (χ0) is 26.1. The maximum Gasteiger partial charge on any atom is 0.0962 e. The van der Waals surface area contributed by atoms with Crippen LogP contribution in [-0.4, -0.2) is 10.7 Å². The van der Waals surface area contributed by atoms with Crippen LogP contribution in [0.15, 0.2) is 65.8 Å². The van der Waals surface area contributed by atoms with Crippen molar-refractivity contribution in [2.45, 2.75) is 77.2 Å². The first kappa shape index (κ1) is 25.2. The fraction of sp³-hybridized carbons (Fsp3) is 0.471. The summed E-state index contributed by atoms with van der Waals surface area (Å²) < 4.78 is 0. The van der Waals surface area contributed by atoms with Crippen LogP contribution in [0.5, 0.6) is 0 Å². The second kappa shape index (κ2) is 10.9. The molecule has 2 heterocycles. The Balaban J connectivity index is 1.20. The Labute approximate surface area is 228 Å². The average molecular weight is 507 g/mol. The maximum atomic E-state index is 6.58. The van der Waals surface area contributed by atoms with Gasteiger partial charge in [0, 0.05) is 28.7 Å². The van der Waals surface area contributed by atoms with E-state index in [1.54, 1.807) is 0 Å². The number of aryl methyl sites for hydroxylation is 2. The van der Waals surface area contributed by atoms with E-state index >= 15 is 0 Å². The number of aromatic nitrogens is 1. The number of hydrogen-bond donors (Lipinski definition) is 2. The molecule has 4 N–H and O–H groups in total. The molecule has 3 aromatic rings. The summed E-state index contributed by atoms with van der Waals surface area (Å²) in [5, 5.41) is 0. The molecule has 4 nitrogen and oxygen atoms in total. The highest BCUT2D eigenvalue weighted by atomic mass is 14.9. The van der Waals surface area contributed by atoms with E-state index in [0.717, 1.165) is 64.5 Å². The molecule has 198 valence electrons. The minimum atomic E-state index is 0.106. The van der Waals surface area contributed by atoms with Crippen molar-refractivity contribution >= 4 is 17.1 Å². The number of anilines is 2. The van der Waals surface area contributed by atoms with Crippen molar-refractivity contribution in [3.63, 3.8) is 0 Å². The molecule has 2 aliphatic carbocycles. The number of fused-ring (bicyclic) bond motifs is 1. The van der Waals surface area contributed by atoms with Gasteiger partial charge in [-0.2, -0.15) is 0 Å². The second-order valence-electron chi connectivity index (χ2n) is 12.2. The molecule has 1 aliphatic heterocycles. The topological polar surface area (TPSA) is 77.3 Å². The van der Waals surface area contributed by atoms with Crippen molar-refractivity contribution in [3.05, 3.63) is 88.7 Å². The smallest absolute Gasteiger partial charge is 0.0962 e. The molecule has 2 saturated carbocycles. The fourth-order valence-corrected chi connectivity index (χ4v) is 7.37. The third kappa shape index (κ3) is 5.10. The molecule has 1 aromatic heterocycles. The molecule has 38 heavy (non-hydrogen) atoms. The molecule has 2 fully saturated rings. The minimum Gasteiger partial charge on any atom is -0.398 e. The van der Waals surface area contributed by atoms with Gasteiger partial charge in [-0.15, -0.1) is 0 Å². The van der Waals surface area contributed by atoms with Gasteiger partial charge in [-0.1, -0.05) is 62.2 Å². The Morgan fingerprint density at radius 3 is 2.13 bits per heavy atom. The standard InChI is InChI=1S/C34H42N4/c1-22-7-10-24(11-8-22)25-13-16-27(17-14-25)33-34-31(29(35)19-20-37-34)32(38-33)28-18-15-26(30(36)21-28)12-9-23-5-3-2-4-6-23/h2-6,15,18-22,24-25,27,33H,7-14,16-17,36H2,1H3,(H2,35,37). The summed E-state index contributed by atoms with van der Waals surface area (Å²) in [5.74, 6) is 3.31. The molecule has 0 amide bonds. The van der Waals surface area contributed by atoms with E-state index in [-0.39, 0.29) is 6.04 Å². The van der Waals surface area contributed by atoms with Crippen LogP contribution in [0.4, 0.5) is 11.4 Å². The monoisotopic (exact) mass is 506 g/mol. The van der Waals surface area contributed by atoms with Crippen molar-refractivity contribution in [2.24, 2.45) is 28.7 Å². The summed E-state index contributed by atoms with van der Waals surface area (Å²) in [6.45, 7) is 2.42. The molecule has 0 radical (unpaired) electrons. The van der Waals surface area contributed by atoms with Gasteiger partial charge in [-0.3, -0.25) is 9.98 Å². The predicted molar refractivity (Wildman–Crippen MR) is 158 cm³/mol. The molecule has 0 bridgehead atoms. The molecule has 0 saturated heterocycles. The number of nitrogens with two attached hydrogens (primary N) is 2. The zero-order valence-electron chi connectivity index (χ0n) is 22.8. The highest BCUT2D eigenvalue weighted by Gasteiger charge is 2.38. The van der Waals surface area contributed by atoms with Crippen LogP contribution < -0.4 is 11.5 Å². The molecule has 4 heteroatoms. The van der Waals surface area contributed by atoms with Crippen LogP contribution in [0.25, 0.3) is 0 Å². The Bertz CT molecular complexity index is 1280. The van der Waals surface area contributed by atoms with Crippen molar-refractivity contribution in [2.75, 3.05) is 11.5 Å². The van der Waals surface area contributed by atoms with Crippen LogP contribution in [0, 0.1) is 23.7 Å². The van der Waals surface area contributed by atoms with E-state index < -0.39 is 0 Å². The number of rotatable bonds is 6. The van der Waals surface area contributed by atoms with Gasteiger partial charge >= 0.3 is 0 Å². The highest BCUT2D eigenvalue weighted by Crippen LogP contribution is 2.47. The van der Waals surface area contributed by atoms with Gasteiger partial charge in [0.15, 0.2) is 0 Å². The molecule has 1 unspecified atom stereocenters. The van der Waals surface area contributed by atoms with Crippen molar-refractivity contribution in [3.8, 4) is 0 Å². The number of pyridine rings is 1. The van der Waals surface area contributed by atoms with Crippen molar-refractivity contribution in [1.29, 1.82) is 0 Å². The van der Waals surface area contributed by atoms with Gasteiger partial charge in [0.2, 0.25) is 0 Å². The quantitative estimate of drug-likeness (QED) is 0.339. The molecule has 1 atom stereocenters. The van der Waals surface area contributed by atoms with Crippen LogP contribution in [0.2, 0.25) is 0 Å². The molecule has 6 rings (SSSR count). The zero-order valence-corrected chi connectivity index (χ0v) is 22.8. The first-order valence-electron chi connectivity index (χ1n) is 14.8.